The van der Waals surface area contributed by atoms with E-state index in [4.69, 9.17) is 0 Å². The van der Waals surface area contributed by atoms with Gasteiger partial charge in [0.1, 0.15) is 0 Å². The van der Waals surface area contributed by atoms with Crippen LogP contribution in [-0.4, -0.2) is 22.9 Å². The molecule has 2 aliphatic rings. The topological polar surface area (TPSA) is 95.5 Å². The molecule has 1 aromatic rings. The minimum Gasteiger partial charge on any atom is -0.481 e. The molecule has 1 fully saturated rings. The molecule has 0 aromatic heterocycles. The normalized spacial score (nSPS) is 19.6. The number of carbonyl (C=O) groups excluding carboxylic acids is 2. The Morgan fingerprint density at radius 3 is 2.68 bits per heavy atom. The Kier molecular flexibility index (Phi) is 4.79. The van der Waals surface area contributed by atoms with E-state index in [-0.39, 0.29) is 24.2 Å². The third kappa shape index (κ3) is 3.52. The lowest BCUT2D eigenvalue weighted by Gasteiger charge is -2.37. The first-order valence-electron chi connectivity index (χ1n) is 8.84. The monoisotopic (exact) mass is 344 g/mol. The molecule has 1 heterocycles. The fraction of sp³-hybridized carbons (Fsp3) is 0.526. The summed E-state index contributed by atoms with van der Waals surface area (Å²) in [6.07, 6.45) is 4.78. The molecule has 0 radical (unpaired) electrons. The van der Waals surface area contributed by atoms with Crippen molar-refractivity contribution in [2.45, 2.75) is 52.0 Å². The highest BCUT2D eigenvalue weighted by Crippen LogP contribution is 2.42. The van der Waals surface area contributed by atoms with Crippen molar-refractivity contribution in [1.29, 1.82) is 0 Å². The summed E-state index contributed by atoms with van der Waals surface area (Å²) in [5.41, 5.74) is 1.06. The number of hydrogen-bond donors (Lipinski definition) is 3. The number of carbonyl (C=O) groups is 3. The molecule has 3 rings (SSSR count). The third-order valence-electron chi connectivity index (χ3n) is 5.60. The predicted octanol–water partition coefficient (Wildman–Crippen LogP) is 2.93. The molecule has 2 amide bonds. The second-order valence-electron chi connectivity index (χ2n) is 7.33. The quantitative estimate of drug-likeness (QED) is 0.765. The average Bonchev–Trinajstić information content (AvgIpc) is 2.96. The van der Waals surface area contributed by atoms with E-state index in [0.717, 1.165) is 37.7 Å². The summed E-state index contributed by atoms with van der Waals surface area (Å²) >= 11 is 0. The molecule has 1 aliphatic carbocycles. The maximum absolute atomic E-state index is 13.0. The van der Waals surface area contributed by atoms with E-state index in [1.807, 2.05) is 6.07 Å². The van der Waals surface area contributed by atoms with Crippen LogP contribution in [0.2, 0.25) is 0 Å². The summed E-state index contributed by atoms with van der Waals surface area (Å²) in [5, 5.41) is 14.9. The number of aliphatic carboxylic acids is 1. The summed E-state index contributed by atoms with van der Waals surface area (Å²) in [5.74, 6) is -1.32. The molecule has 1 aliphatic heterocycles. The molecule has 6 heteroatoms. The number of fused-ring (bicyclic) bond motifs is 1. The lowest BCUT2D eigenvalue weighted by molar-refractivity contribution is -0.145. The minimum atomic E-state index is -0.962. The van der Waals surface area contributed by atoms with Gasteiger partial charge in [0.05, 0.1) is 11.8 Å². The Morgan fingerprint density at radius 1 is 1.28 bits per heavy atom. The summed E-state index contributed by atoms with van der Waals surface area (Å²) in [7, 11) is 0. The van der Waals surface area contributed by atoms with E-state index in [2.05, 4.69) is 10.6 Å². The van der Waals surface area contributed by atoms with Gasteiger partial charge in [0.25, 0.3) is 5.91 Å². The van der Waals surface area contributed by atoms with Gasteiger partial charge in [0, 0.05) is 17.8 Å². The number of amides is 2. The second kappa shape index (κ2) is 6.86. The van der Waals surface area contributed by atoms with Crippen molar-refractivity contribution in [3.63, 3.8) is 0 Å². The van der Waals surface area contributed by atoms with Crippen molar-refractivity contribution in [2.75, 3.05) is 5.32 Å². The number of nitrogens with one attached hydrogen (secondary N) is 2. The van der Waals surface area contributed by atoms with Gasteiger partial charge < -0.3 is 15.7 Å². The highest BCUT2D eigenvalue weighted by atomic mass is 16.4. The average molecular weight is 344 g/mol. The first-order valence-corrected chi connectivity index (χ1v) is 8.84. The first kappa shape index (κ1) is 17.5. The SMILES string of the molecule is C[C@@](CC(=O)O)(C(=O)Nc1ccc2c(c1)C(=O)NC2)C1CCCCC1. The molecule has 1 atom stereocenters. The molecule has 3 N–H and O–H groups in total. The van der Waals surface area contributed by atoms with Crippen molar-refractivity contribution in [2.24, 2.45) is 11.3 Å². The smallest absolute Gasteiger partial charge is 0.304 e. The molecule has 0 spiro atoms. The number of carboxylic acid groups (broad SMARTS) is 1. The molecule has 0 unspecified atom stereocenters. The Balaban J connectivity index is 1.81. The third-order valence-corrected chi connectivity index (χ3v) is 5.60. The van der Waals surface area contributed by atoms with E-state index in [0.29, 0.717) is 17.8 Å². The summed E-state index contributed by atoms with van der Waals surface area (Å²) in [6.45, 7) is 2.26. The number of carboxylic acids is 1. The van der Waals surface area contributed by atoms with Crippen LogP contribution in [0, 0.1) is 11.3 Å². The molecule has 0 saturated heterocycles. The number of hydrogen-bond acceptors (Lipinski definition) is 3. The molecule has 6 nitrogen and oxygen atoms in total. The second-order valence-corrected chi connectivity index (χ2v) is 7.33. The van der Waals surface area contributed by atoms with E-state index >= 15 is 0 Å². The van der Waals surface area contributed by atoms with Gasteiger partial charge in [0.2, 0.25) is 5.91 Å². The zero-order valence-electron chi connectivity index (χ0n) is 14.4. The van der Waals surface area contributed by atoms with Crippen LogP contribution in [0.25, 0.3) is 0 Å². The van der Waals surface area contributed by atoms with E-state index in [9.17, 15) is 19.5 Å². The Labute approximate surface area is 147 Å². The van der Waals surface area contributed by atoms with Gasteiger partial charge in [-0.15, -0.1) is 0 Å². The zero-order chi connectivity index (χ0) is 18.0. The Hall–Kier alpha value is -2.37. The van der Waals surface area contributed by atoms with E-state index in [1.165, 1.54) is 0 Å². The van der Waals surface area contributed by atoms with Crippen molar-refractivity contribution >= 4 is 23.5 Å². The first-order chi connectivity index (χ1) is 11.9. The van der Waals surface area contributed by atoms with Gasteiger partial charge in [-0.3, -0.25) is 14.4 Å². The number of anilines is 1. The van der Waals surface area contributed by atoms with Crippen LogP contribution in [0.1, 0.15) is 61.4 Å². The number of rotatable bonds is 5. The molecule has 1 saturated carbocycles. The predicted molar refractivity (Wildman–Crippen MR) is 93.2 cm³/mol. The van der Waals surface area contributed by atoms with Gasteiger partial charge in [0.15, 0.2) is 0 Å². The lowest BCUT2D eigenvalue weighted by atomic mass is 9.67. The van der Waals surface area contributed by atoms with Crippen LogP contribution in [0.4, 0.5) is 5.69 Å². The van der Waals surface area contributed by atoms with Gasteiger partial charge in [-0.1, -0.05) is 25.3 Å². The maximum Gasteiger partial charge on any atom is 0.304 e. The zero-order valence-corrected chi connectivity index (χ0v) is 14.4. The van der Waals surface area contributed by atoms with Gasteiger partial charge >= 0.3 is 5.97 Å². The molecule has 1 aromatic carbocycles. The van der Waals surface area contributed by atoms with E-state index in [1.54, 1.807) is 19.1 Å². The van der Waals surface area contributed by atoms with Crippen LogP contribution in [0.3, 0.4) is 0 Å². The van der Waals surface area contributed by atoms with Crippen LogP contribution in [-0.2, 0) is 16.1 Å². The molecule has 134 valence electrons. The standard InChI is InChI=1S/C19H24N2O4/c1-19(10-16(22)23,13-5-3-2-4-6-13)18(25)21-14-8-7-12-11-20-17(24)15(12)9-14/h7-9,13H,2-6,10-11H2,1H3,(H,20,24)(H,21,25)(H,22,23)/t19-/m0/s1. The lowest BCUT2D eigenvalue weighted by Crippen LogP contribution is -2.42. The van der Waals surface area contributed by atoms with Crippen LogP contribution < -0.4 is 10.6 Å². The fourth-order valence-corrected chi connectivity index (χ4v) is 4.03. The van der Waals surface area contributed by atoms with Crippen LogP contribution in [0.5, 0.6) is 0 Å². The minimum absolute atomic E-state index is 0.0649. The molecular formula is C19H24N2O4. The van der Waals surface area contributed by atoms with Gasteiger partial charge in [-0.05, 0) is 43.4 Å². The van der Waals surface area contributed by atoms with Crippen molar-refractivity contribution in [1.82, 2.24) is 5.32 Å². The highest BCUT2D eigenvalue weighted by Gasteiger charge is 2.43. The van der Waals surface area contributed by atoms with Crippen molar-refractivity contribution < 1.29 is 19.5 Å². The van der Waals surface area contributed by atoms with Crippen molar-refractivity contribution in [3.05, 3.63) is 29.3 Å². The molecule has 25 heavy (non-hydrogen) atoms. The molecule has 0 bridgehead atoms. The highest BCUT2D eigenvalue weighted by molar-refractivity contribution is 6.01. The van der Waals surface area contributed by atoms with Gasteiger partial charge in [-0.2, -0.15) is 0 Å². The summed E-state index contributed by atoms with van der Waals surface area (Å²) < 4.78 is 0. The summed E-state index contributed by atoms with van der Waals surface area (Å²) in [4.78, 5) is 36.1. The van der Waals surface area contributed by atoms with Crippen molar-refractivity contribution in [3.8, 4) is 0 Å². The maximum atomic E-state index is 13.0. The van der Waals surface area contributed by atoms with E-state index < -0.39 is 11.4 Å². The Bertz CT molecular complexity index is 709. The number of benzene rings is 1. The van der Waals surface area contributed by atoms with Crippen LogP contribution >= 0.6 is 0 Å². The molecular weight excluding hydrogens is 320 g/mol. The van der Waals surface area contributed by atoms with Gasteiger partial charge in [-0.25, -0.2) is 0 Å². The fourth-order valence-electron chi connectivity index (χ4n) is 4.03. The largest absolute Gasteiger partial charge is 0.481 e. The van der Waals surface area contributed by atoms with Crippen LogP contribution in [0.15, 0.2) is 18.2 Å². The summed E-state index contributed by atoms with van der Waals surface area (Å²) in [6, 6.07) is 5.24. The Morgan fingerprint density at radius 2 is 2.00 bits per heavy atom.